The molecular weight excluding hydrogens is 306 g/mol. The molecule has 0 spiro atoms. The average Bonchev–Trinajstić information content (AvgIpc) is 2.41. The van der Waals surface area contributed by atoms with Gasteiger partial charge < -0.3 is 5.73 Å². The van der Waals surface area contributed by atoms with E-state index in [4.69, 9.17) is 5.73 Å². The first-order valence-corrected chi connectivity index (χ1v) is 7.57. The van der Waals surface area contributed by atoms with Crippen LogP contribution in [0.4, 0.5) is 0 Å². The predicted molar refractivity (Wildman–Crippen MR) is 82.8 cm³/mol. The van der Waals surface area contributed by atoms with Crippen LogP contribution in [0.2, 0.25) is 0 Å². The summed E-state index contributed by atoms with van der Waals surface area (Å²) in [4.78, 5) is 1.25. The highest BCUT2D eigenvalue weighted by atomic mass is 79.9. The number of nitrogens with two attached hydrogens (primary N) is 1. The number of halogens is 1. The van der Waals surface area contributed by atoms with Crippen LogP contribution in [0, 0.1) is 0 Å². The third-order valence-corrected chi connectivity index (χ3v) is 4.56. The molecule has 0 aliphatic carbocycles. The van der Waals surface area contributed by atoms with Gasteiger partial charge in [-0.1, -0.05) is 53.2 Å². The molecule has 1 nitrogen and oxygen atoms in total. The maximum Gasteiger partial charge on any atom is 0.0416 e. The van der Waals surface area contributed by atoms with Gasteiger partial charge in [-0.2, -0.15) is 0 Å². The molecule has 2 N–H and O–H groups in total. The predicted octanol–water partition coefficient (Wildman–Crippen LogP) is 4.63. The zero-order chi connectivity index (χ0) is 13.0. The largest absolute Gasteiger partial charge is 0.323 e. The minimum atomic E-state index is 0.0554. The highest BCUT2D eigenvalue weighted by Gasteiger charge is 2.15. The molecule has 0 aliphatic heterocycles. The zero-order valence-corrected chi connectivity index (χ0v) is 12.6. The molecule has 94 valence electrons. The normalized spacial score (nSPS) is 14.2. The van der Waals surface area contributed by atoms with Gasteiger partial charge in [0.05, 0.1) is 0 Å². The monoisotopic (exact) mass is 321 g/mol. The second kappa shape index (κ2) is 6.41. The van der Waals surface area contributed by atoms with E-state index >= 15 is 0 Å². The van der Waals surface area contributed by atoms with Gasteiger partial charge in [-0.25, -0.2) is 0 Å². The molecule has 0 fully saturated rings. The van der Waals surface area contributed by atoms with Crippen LogP contribution in [0.1, 0.15) is 18.5 Å². The van der Waals surface area contributed by atoms with Gasteiger partial charge in [0.25, 0.3) is 0 Å². The molecule has 0 aromatic heterocycles. The molecule has 0 saturated carbocycles. The molecule has 2 unspecified atom stereocenters. The van der Waals surface area contributed by atoms with Crippen LogP contribution in [0.5, 0.6) is 0 Å². The Morgan fingerprint density at radius 1 is 1.00 bits per heavy atom. The van der Waals surface area contributed by atoms with Gasteiger partial charge in [0, 0.05) is 20.7 Å². The summed E-state index contributed by atoms with van der Waals surface area (Å²) in [6, 6.07) is 18.7. The molecule has 0 heterocycles. The summed E-state index contributed by atoms with van der Waals surface area (Å²) in [6.07, 6.45) is 0. The van der Waals surface area contributed by atoms with Crippen LogP contribution >= 0.6 is 27.7 Å². The Hall–Kier alpha value is -0.770. The Balaban J connectivity index is 2.03. The fourth-order valence-electron chi connectivity index (χ4n) is 1.75. The number of hydrogen-bond donors (Lipinski definition) is 1. The lowest BCUT2D eigenvalue weighted by molar-refractivity contribution is 0.715. The zero-order valence-electron chi connectivity index (χ0n) is 10.2. The van der Waals surface area contributed by atoms with Gasteiger partial charge in [-0.3, -0.25) is 0 Å². The van der Waals surface area contributed by atoms with Crippen molar-refractivity contribution in [2.45, 2.75) is 23.1 Å². The summed E-state index contributed by atoms with van der Waals surface area (Å²) in [7, 11) is 0. The van der Waals surface area contributed by atoms with E-state index in [1.807, 2.05) is 30.0 Å². The lowest BCUT2D eigenvalue weighted by atomic mass is 10.1. The fraction of sp³-hybridized carbons (Fsp3) is 0.200. The van der Waals surface area contributed by atoms with E-state index in [1.165, 1.54) is 10.5 Å². The van der Waals surface area contributed by atoms with Crippen molar-refractivity contribution in [1.29, 1.82) is 0 Å². The molecule has 0 radical (unpaired) electrons. The van der Waals surface area contributed by atoms with E-state index in [0.29, 0.717) is 5.25 Å². The molecular formula is C15H16BrNS. The molecule has 2 rings (SSSR count). The lowest BCUT2D eigenvalue weighted by Crippen LogP contribution is -2.20. The Morgan fingerprint density at radius 3 is 2.22 bits per heavy atom. The topological polar surface area (TPSA) is 26.0 Å². The molecule has 2 aromatic carbocycles. The van der Waals surface area contributed by atoms with E-state index < -0.39 is 0 Å². The molecule has 3 heteroatoms. The first-order chi connectivity index (χ1) is 8.66. The minimum Gasteiger partial charge on any atom is -0.323 e. The van der Waals surface area contributed by atoms with Gasteiger partial charge in [-0.05, 0) is 29.8 Å². The third kappa shape index (κ3) is 3.61. The van der Waals surface area contributed by atoms with Crippen molar-refractivity contribution < 1.29 is 0 Å². The summed E-state index contributed by atoms with van der Waals surface area (Å²) in [5.74, 6) is 0. The molecule has 2 atom stereocenters. The number of benzene rings is 2. The Labute approximate surface area is 121 Å². The van der Waals surface area contributed by atoms with E-state index in [2.05, 4.69) is 59.3 Å². The summed E-state index contributed by atoms with van der Waals surface area (Å²) >= 11 is 5.25. The van der Waals surface area contributed by atoms with Crippen LogP contribution < -0.4 is 5.73 Å². The van der Waals surface area contributed by atoms with Gasteiger partial charge in [0.15, 0.2) is 0 Å². The number of hydrogen-bond acceptors (Lipinski definition) is 2. The van der Waals surface area contributed by atoms with E-state index in [9.17, 15) is 0 Å². The summed E-state index contributed by atoms with van der Waals surface area (Å²) in [6.45, 7) is 2.17. The summed E-state index contributed by atoms with van der Waals surface area (Å²) < 4.78 is 1.10. The van der Waals surface area contributed by atoms with E-state index in [1.54, 1.807) is 0 Å². The van der Waals surface area contributed by atoms with Crippen molar-refractivity contribution >= 4 is 27.7 Å². The second-order valence-electron chi connectivity index (χ2n) is 4.21. The molecule has 0 aliphatic rings. The van der Waals surface area contributed by atoms with Gasteiger partial charge in [-0.15, -0.1) is 11.8 Å². The Morgan fingerprint density at radius 2 is 1.61 bits per heavy atom. The molecule has 0 bridgehead atoms. The Kier molecular flexibility index (Phi) is 4.87. The van der Waals surface area contributed by atoms with Crippen molar-refractivity contribution in [1.82, 2.24) is 0 Å². The maximum atomic E-state index is 6.29. The van der Waals surface area contributed by atoms with Crippen LogP contribution in [0.3, 0.4) is 0 Å². The summed E-state index contributed by atoms with van der Waals surface area (Å²) in [5.41, 5.74) is 7.48. The van der Waals surface area contributed by atoms with Crippen LogP contribution in [0.15, 0.2) is 64.0 Å². The van der Waals surface area contributed by atoms with E-state index in [0.717, 1.165) is 4.47 Å². The van der Waals surface area contributed by atoms with Crippen molar-refractivity contribution in [2.24, 2.45) is 5.73 Å². The highest BCUT2D eigenvalue weighted by Crippen LogP contribution is 2.31. The van der Waals surface area contributed by atoms with Crippen LogP contribution in [-0.2, 0) is 0 Å². The quantitative estimate of drug-likeness (QED) is 0.831. The van der Waals surface area contributed by atoms with Crippen LogP contribution in [-0.4, -0.2) is 5.25 Å². The summed E-state index contributed by atoms with van der Waals surface area (Å²) in [5, 5.41) is 0.341. The first kappa shape index (κ1) is 13.7. The van der Waals surface area contributed by atoms with Crippen molar-refractivity contribution in [3.8, 4) is 0 Å². The molecule has 0 saturated heterocycles. The first-order valence-electron chi connectivity index (χ1n) is 5.89. The standard InChI is InChI=1S/C15H16BrNS/c1-11(15(17)12-5-3-2-4-6-12)18-14-9-7-13(16)8-10-14/h2-11,15H,17H2,1H3. The van der Waals surface area contributed by atoms with Crippen molar-refractivity contribution in [3.05, 3.63) is 64.6 Å². The minimum absolute atomic E-state index is 0.0554. The lowest BCUT2D eigenvalue weighted by Gasteiger charge is -2.19. The number of thioether (sulfide) groups is 1. The average molecular weight is 322 g/mol. The van der Waals surface area contributed by atoms with Gasteiger partial charge >= 0.3 is 0 Å². The fourth-order valence-corrected chi connectivity index (χ4v) is 3.04. The molecule has 2 aromatic rings. The van der Waals surface area contributed by atoms with Crippen LogP contribution in [0.25, 0.3) is 0 Å². The van der Waals surface area contributed by atoms with Crippen molar-refractivity contribution in [2.75, 3.05) is 0 Å². The third-order valence-electron chi connectivity index (χ3n) is 2.83. The molecule has 0 amide bonds. The highest BCUT2D eigenvalue weighted by molar-refractivity contribution is 9.10. The smallest absolute Gasteiger partial charge is 0.0416 e. The molecule has 18 heavy (non-hydrogen) atoms. The van der Waals surface area contributed by atoms with Crippen molar-refractivity contribution in [3.63, 3.8) is 0 Å². The van der Waals surface area contributed by atoms with Gasteiger partial charge in [0.2, 0.25) is 0 Å². The SMILES string of the molecule is CC(Sc1ccc(Br)cc1)C(N)c1ccccc1. The van der Waals surface area contributed by atoms with E-state index in [-0.39, 0.29) is 6.04 Å². The van der Waals surface area contributed by atoms with Gasteiger partial charge in [0.1, 0.15) is 0 Å². The maximum absolute atomic E-state index is 6.29. The second-order valence-corrected chi connectivity index (χ2v) is 6.58. The Bertz CT molecular complexity index is 484. The number of rotatable bonds is 4.